The Morgan fingerprint density at radius 3 is 2.88 bits per heavy atom. The number of piperidine rings is 1. The summed E-state index contributed by atoms with van der Waals surface area (Å²) in [7, 11) is 0. The van der Waals surface area contributed by atoms with E-state index in [-0.39, 0.29) is 17.9 Å². The lowest BCUT2D eigenvalue weighted by atomic mass is 9.94. The molecule has 0 aromatic carbocycles. The summed E-state index contributed by atoms with van der Waals surface area (Å²) in [6.45, 7) is 7.77. The summed E-state index contributed by atoms with van der Waals surface area (Å²) in [5.74, 6) is 1.92. The number of carbonyl (C=O) groups excluding carboxylic acids is 2. The van der Waals surface area contributed by atoms with E-state index in [1.807, 2.05) is 15.9 Å². The fraction of sp³-hybridized carbons (Fsp3) is 0.700. The molecule has 2 aliphatic rings. The van der Waals surface area contributed by atoms with Gasteiger partial charge in [-0.25, -0.2) is 4.79 Å². The van der Waals surface area contributed by atoms with Crippen LogP contribution in [0.3, 0.4) is 0 Å². The highest BCUT2D eigenvalue weighted by Crippen LogP contribution is 2.24. The van der Waals surface area contributed by atoms with Crippen LogP contribution in [0.25, 0.3) is 0 Å². The van der Waals surface area contributed by atoms with Gasteiger partial charge in [-0.1, -0.05) is 13.8 Å². The first-order valence-electron chi connectivity index (χ1n) is 9.88. The molecule has 6 nitrogen and oxygen atoms in total. The maximum atomic E-state index is 12.8. The largest absolute Gasteiger partial charge is 0.469 e. The second-order valence-corrected chi connectivity index (χ2v) is 8.03. The molecule has 0 bridgehead atoms. The first-order valence-corrected chi connectivity index (χ1v) is 9.88. The smallest absolute Gasteiger partial charge is 0.317 e. The Morgan fingerprint density at radius 2 is 2.08 bits per heavy atom. The lowest BCUT2D eigenvalue weighted by Crippen LogP contribution is -2.47. The Morgan fingerprint density at radius 1 is 1.27 bits per heavy atom. The van der Waals surface area contributed by atoms with E-state index in [0.717, 1.165) is 50.1 Å². The van der Waals surface area contributed by atoms with Crippen LogP contribution in [0.2, 0.25) is 0 Å². The number of rotatable bonds is 4. The molecule has 3 heterocycles. The molecule has 2 aliphatic heterocycles. The molecule has 3 amide bonds. The van der Waals surface area contributed by atoms with Crippen molar-refractivity contribution >= 4 is 11.9 Å². The Labute approximate surface area is 155 Å². The Kier molecular flexibility index (Phi) is 6.22. The zero-order valence-corrected chi connectivity index (χ0v) is 16.0. The van der Waals surface area contributed by atoms with Gasteiger partial charge in [0.05, 0.1) is 6.26 Å². The van der Waals surface area contributed by atoms with E-state index in [1.165, 1.54) is 0 Å². The number of urea groups is 1. The highest BCUT2D eigenvalue weighted by Gasteiger charge is 2.28. The fourth-order valence-corrected chi connectivity index (χ4v) is 3.85. The monoisotopic (exact) mass is 361 g/mol. The van der Waals surface area contributed by atoms with Gasteiger partial charge in [0.15, 0.2) is 0 Å². The second kappa shape index (κ2) is 8.60. The topological polar surface area (TPSA) is 65.8 Å². The lowest BCUT2D eigenvalue weighted by Gasteiger charge is -2.33. The first-order chi connectivity index (χ1) is 12.5. The van der Waals surface area contributed by atoms with Crippen LogP contribution in [0.15, 0.2) is 16.7 Å². The summed E-state index contributed by atoms with van der Waals surface area (Å²) in [4.78, 5) is 28.9. The molecule has 1 aromatic rings. The van der Waals surface area contributed by atoms with Gasteiger partial charge in [-0.15, -0.1) is 0 Å². The molecule has 0 aliphatic carbocycles. The molecule has 26 heavy (non-hydrogen) atoms. The number of nitrogens with zero attached hydrogens (tertiary/aromatic N) is 2. The molecule has 0 spiro atoms. The Bertz CT molecular complexity index is 626. The second-order valence-electron chi connectivity index (χ2n) is 8.03. The highest BCUT2D eigenvalue weighted by molar-refractivity contribution is 5.77. The molecule has 1 atom stereocenters. The van der Waals surface area contributed by atoms with E-state index in [1.54, 1.807) is 6.26 Å². The lowest BCUT2D eigenvalue weighted by molar-refractivity contribution is -0.133. The van der Waals surface area contributed by atoms with Crippen molar-refractivity contribution in [3.63, 3.8) is 0 Å². The van der Waals surface area contributed by atoms with Gasteiger partial charge < -0.3 is 19.5 Å². The predicted octanol–water partition coefficient (Wildman–Crippen LogP) is 3.02. The van der Waals surface area contributed by atoms with E-state index in [2.05, 4.69) is 19.2 Å². The number of likely N-dealkylation sites (tertiary alicyclic amines) is 1. The Balaban J connectivity index is 1.51. The molecule has 1 aromatic heterocycles. The summed E-state index contributed by atoms with van der Waals surface area (Å²) in [5.41, 5.74) is 1.13. The molecule has 1 fully saturated rings. The van der Waals surface area contributed by atoms with Crippen LogP contribution in [0.4, 0.5) is 4.79 Å². The number of nitrogens with one attached hydrogen (secondary N) is 1. The van der Waals surface area contributed by atoms with Gasteiger partial charge in [0.2, 0.25) is 5.91 Å². The first kappa shape index (κ1) is 18.8. The van der Waals surface area contributed by atoms with Crippen LogP contribution >= 0.6 is 0 Å². The van der Waals surface area contributed by atoms with E-state index < -0.39 is 0 Å². The van der Waals surface area contributed by atoms with Crippen LogP contribution in [0.1, 0.15) is 50.9 Å². The average Bonchev–Trinajstić information content (AvgIpc) is 2.96. The van der Waals surface area contributed by atoms with E-state index in [0.29, 0.717) is 32.0 Å². The summed E-state index contributed by atoms with van der Waals surface area (Å²) in [6, 6.07) is 1.98. The molecule has 0 radical (unpaired) electrons. The van der Waals surface area contributed by atoms with Crippen LogP contribution in [-0.4, -0.2) is 47.9 Å². The van der Waals surface area contributed by atoms with Crippen molar-refractivity contribution in [2.24, 2.45) is 11.8 Å². The molecule has 3 rings (SSSR count). The molecule has 1 unspecified atom stereocenters. The standard InChI is InChI=1S/C20H31N3O3/c1-15(2)12-21-20(25)23-9-3-5-16(13-23)11-19(24)22-8-4-6-18-17(14-22)7-10-26-18/h7,10,15-16H,3-6,8-9,11-14H2,1-2H3,(H,21,25). The number of aryl methyl sites for hydroxylation is 1. The molecule has 6 heteroatoms. The van der Waals surface area contributed by atoms with Crippen molar-refractivity contribution in [1.82, 2.24) is 15.1 Å². The minimum absolute atomic E-state index is 0.00802. The summed E-state index contributed by atoms with van der Waals surface area (Å²) in [6.07, 6.45) is 6.08. The highest BCUT2D eigenvalue weighted by atomic mass is 16.3. The molecule has 1 saturated heterocycles. The van der Waals surface area contributed by atoms with E-state index in [4.69, 9.17) is 4.42 Å². The normalized spacial score (nSPS) is 20.7. The van der Waals surface area contributed by atoms with Gasteiger partial charge in [-0.05, 0) is 37.2 Å². The molecule has 0 saturated carbocycles. The van der Waals surface area contributed by atoms with Gasteiger partial charge in [-0.2, -0.15) is 0 Å². The third-order valence-corrected chi connectivity index (χ3v) is 5.31. The van der Waals surface area contributed by atoms with Gasteiger partial charge in [0, 0.05) is 51.1 Å². The van der Waals surface area contributed by atoms with Gasteiger partial charge in [0.1, 0.15) is 5.76 Å². The molecular weight excluding hydrogens is 330 g/mol. The minimum Gasteiger partial charge on any atom is -0.469 e. The van der Waals surface area contributed by atoms with Crippen molar-refractivity contribution in [3.8, 4) is 0 Å². The zero-order chi connectivity index (χ0) is 18.5. The van der Waals surface area contributed by atoms with Crippen LogP contribution < -0.4 is 5.32 Å². The van der Waals surface area contributed by atoms with Crippen molar-refractivity contribution in [3.05, 3.63) is 23.7 Å². The number of hydrogen-bond donors (Lipinski definition) is 1. The van der Waals surface area contributed by atoms with Crippen LogP contribution in [-0.2, 0) is 17.8 Å². The zero-order valence-electron chi connectivity index (χ0n) is 16.0. The van der Waals surface area contributed by atoms with Gasteiger partial charge in [0.25, 0.3) is 0 Å². The third kappa shape index (κ3) is 4.80. The maximum absolute atomic E-state index is 12.8. The van der Waals surface area contributed by atoms with Crippen molar-refractivity contribution in [2.75, 3.05) is 26.2 Å². The molecule has 144 valence electrons. The van der Waals surface area contributed by atoms with Crippen molar-refractivity contribution in [2.45, 2.75) is 52.5 Å². The Hall–Kier alpha value is -1.98. The average molecular weight is 361 g/mol. The molecule has 1 N–H and O–H groups in total. The quantitative estimate of drug-likeness (QED) is 0.896. The third-order valence-electron chi connectivity index (χ3n) is 5.31. The van der Waals surface area contributed by atoms with E-state index in [9.17, 15) is 9.59 Å². The van der Waals surface area contributed by atoms with Gasteiger partial charge in [-0.3, -0.25) is 4.79 Å². The van der Waals surface area contributed by atoms with E-state index >= 15 is 0 Å². The summed E-state index contributed by atoms with van der Waals surface area (Å²) >= 11 is 0. The number of fused-ring (bicyclic) bond motifs is 1. The number of hydrogen-bond acceptors (Lipinski definition) is 3. The van der Waals surface area contributed by atoms with Gasteiger partial charge >= 0.3 is 6.03 Å². The van der Waals surface area contributed by atoms with Crippen LogP contribution in [0.5, 0.6) is 0 Å². The molecular formula is C20H31N3O3. The number of carbonyl (C=O) groups is 2. The minimum atomic E-state index is 0.00802. The fourth-order valence-electron chi connectivity index (χ4n) is 3.85. The van der Waals surface area contributed by atoms with Crippen molar-refractivity contribution < 1.29 is 14.0 Å². The SMILES string of the molecule is CC(C)CNC(=O)N1CCCC(CC(=O)N2CCCc3occc3C2)C1. The summed E-state index contributed by atoms with van der Waals surface area (Å²) in [5, 5.41) is 2.99. The number of amides is 3. The predicted molar refractivity (Wildman–Crippen MR) is 99.6 cm³/mol. The number of furan rings is 1. The van der Waals surface area contributed by atoms with Crippen molar-refractivity contribution in [1.29, 1.82) is 0 Å². The van der Waals surface area contributed by atoms with Crippen LogP contribution in [0, 0.1) is 11.8 Å². The maximum Gasteiger partial charge on any atom is 0.317 e. The summed E-state index contributed by atoms with van der Waals surface area (Å²) < 4.78 is 5.51.